The van der Waals surface area contributed by atoms with Gasteiger partial charge in [0.2, 0.25) is 5.96 Å². The minimum absolute atomic E-state index is 0.121. The highest BCUT2D eigenvalue weighted by Gasteiger charge is 2.28. The fourth-order valence-corrected chi connectivity index (χ4v) is 4.87. The van der Waals surface area contributed by atoms with Crippen LogP contribution < -0.4 is 10.5 Å². The molecule has 1 aromatic carbocycles. The monoisotopic (exact) mass is 481 g/mol. The Morgan fingerprint density at radius 2 is 2.19 bits per heavy atom. The summed E-state index contributed by atoms with van der Waals surface area (Å²) in [7, 11) is -1.94. The van der Waals surface area contributed by atoms with Gasteiger partial charge in [0.05, 0.1) is 18.6 Å². The molecule has 174 valence electrons. The maximum absolute atomic E-state index is 12.8. The summed E-state index contributed by atoms with van der Waals surface area (Å²) < 4.78 is 33.4. The summed E-state index contributed by atoms with van der Waals surface area (Å²) in [4.78, 5) is 19.6. The molecule has 1 saturated heterocycles. The van der Waals surface area contributed by atoms with Gasteiger partial charge in [-0.15, -0.1) is 20.7 Å². The van der Waals surface area contributed by atoms with Crippen LogP contribution in [0.3, 0.4) is 0 Å². The topological polar surface area (TPSA) is 139 Å². The van der Waals surface area contributed by atoms with E-state index in [0.717, 1.165) is 42.7 Å². The van der Waals surface area contributed by atoms with E-state index in [-0.39, 0.29) is 9.94 Å². The Morgan fingerprint density at radius 1 is 1.44 bits per heavy atom. The van der Waals surface area contributed by atoms with Crippen LogP contribution in [0.1, 0.15) is 28.2 Å². The molecule has 1 atom stereocenters. The van der Waals surface area contributed by atoms with Crippen LogP contribution in [-0.2, 0) is 14.4 Å². The molecule has 2 aromatic rings. The fourth-order valence-electron chi connectivity index (χ4n) is 3.47. The number of hydrogen-bond acceptors (Lipinski definition) is 9. The third-order valence-corrected chi connectivity index (χ3v) is 6.51. The second-order valence-corrected chi connectivity index (χ2v) is 10.4. The third kappa shape index (κ3) is 6.25. The van der Waals surface area contributed by atoms with Gasteiger partial charge in [0.25, 0.3) is 16.0 Å². The van der Waals surface area contributed by atoms with Gasteiger partial charge < -0.3 is 15.4 Å². The number of aryl methyl sites for hydroxylation is 1. The lowest BCUT2D eigenvalue weighted by atomic mass is 9.99. The van der Waals surface area contributed by atoms with Crippen LogP contribution in [0.5, 0.6) is 5.75 Å². The highest BCUT2D eigenvalue weighted by atomic mass is 32.2. The fraction of sp³-hybridized carbons (Fsp3) is 0.450. The van der Waals surface area contributed by atoms with E-state index < -0.39 is 22.0 Å². The quantitative estimate of drug-likeness (QED) is 0.348. The average Bonchev–Trinajstić information content (AvgIpc) is 3.11. The number of benzene rings is 1. The van der Waals surface area contributed by atoms with Crippen LogP contribution in [0.4, 0.5) is 0 Å². The van der Waals surface area contributed by atoms with Crippen LogP contribution in [0.15, 0.2) is 24.3 Å². The highest BCUT2D eigenvalue weighted by Crippen LogP contribution is 2.31. The Bertz CT molecular complexity index is 1100. The molecule has 0 aliphatic carbocycles. The van der Waals surface area contributed by atoms with E-state index in [4.69, 9.17) is 15.9 Å². The molecule has 2 heterocycles. The van der Waals surface area contributed by atoms with E-state index in [1.807, 2.05) is 24.3 Å². The minimum Gasteiger partial charge on any atom is -0.493 e. The number of amides is 1. The zero-order valence-electron chi connectivity index (χ0n) is 18.2. The highest BCUT2D eigenvalue weighted by molar-refractivity contribution is 7.85. The van der Waals surface area contributed by atoms with E-state index in [2.05, 4.69) is 21.2 Å². The third-order valence-electron chi connectivity index (χ3n) is 4.89. The van der Waals surface area contributed by atoms with Crippen molar-refractivity contribution >= 4 is 33.3 Å². The number of aromatic nitrogens is 1. The molecule has 3 rings (SSSR count). The Hall–Kier alpha value is -2.54. The van der Waals surface area contributed by atoms with Crippen LogP contribution in [0, 0.1) is 18.3 Å². The summed E-state index contributed by atoms with van der Waals surface area (Å²) in [6.07, 6.45) is 3.07. The second kappa shape index (κ2) is 9.94. The first kappa shape index (κ1) is 24.1. The van der Waals surface area contributed by atoms with Crippen molar-refractivity contribution in [3.8, 4) is 16.3 Å². The number of nitrogens with two attached hydrogens (primary N) is 1. The molecule has 1 fully saturated rings. The summed E-state index contributed by atoms with van der Waals surface area (Å²) in [6.45, 7) is 4.38. The van der Waals surface area contributed by atoms with E-state index in [9.17, 15) is 13.2 Å². The van der Waals surface area contributed by atoms with Crippen molar-refractivity contribution in [2.24, 2.45) is 11.7 Å². The minimum atomic E-state index is -4.06. The zero-order chi connectivity index (χ0) is 23.5. The molecular weight excluding hydrogens is 454 g/mol. The molecule has 1 aromatic heterocycles. The molecule has 0 radical (unpaired) electrons. The first-order valence-electron chi connectivity index (χ1n) is 10.0. The average molecular weight is 482 g/mol. The summed E-state index contributed by atoms with van der Waals surface area (Å²) in [5, 5.41) is 8.27. The van der Waals surface area contributed by atoms with Gasteiger partial charge in [-0.3, -0.25) is 10.2 Å². The number of carbonyl (C=O) groups is 1. The molecule has 12 heteroatoms. The zero-order valence-corrected chi connectivity index (χ0v) is 19.8. The van der Waals surface area contributed by atoms with Crippen molar-refractivity contribution < 1.29 is 22.2 Å². The SMILES string of the molecule is Cc1nc(-c2cccc(OCC3CCCN(C)C3)c2)sc1C(=O)N(OS(C)(=O)=O)C(=N)N. The lowest BCUT2D eigenvalue weighted by Gasteiger charge is -2.29. The Morgan fingerprint density at radius 3 is 2.84 bits per heavy atom. The van der Waals surface area contributed by atoms with Crippen molar-refractivity contribution in [2.75, 3.05) is 33.0 Å². The number of nitrogens with one attached hydrogen (secondary N) is 1. The maximum Gasteiger partial charge on any atom is 0.298 e. The van der Waals surface area contributed by atoms with Gasteiger partial charge in [-0.1, -0.05) is 12.1 Å². The van der Waals surface area contributed by atoms with Crippen molar-refractivity contribution in [3.05, 3.63) is 34.8 Å². The van der Waals surface area contributed by atoms with Crippen LogP contribution >= 0.6 is 11.3 Å². The number of carbonyl (C=O) groups excluding carboxylic acids is 1. The van der Waals surface area contributed by atoms with E-state index >= 15 is 0 Å². The van der Waals surface area contributed by atoms with Crippen molar-refractivity contribution in [1.82, 2.24) is 14.9 Å². The Balaban J connectivity index is 1.77. The number of likely N-dealkylation sites (tertiary alicyclic amines) is 1. The molecule has 1 amide bonds. The van der Waals surface area contributed by atoms with Gasteiger partial charge in [-0.2, -0.15) is 8.42 Å². The lowest BCUT2D eigenvalue weighted by molar-refractivity contribution is 0.0205. The molecule has 1 aliphatic rings. The summed E-state index contributed by atoms with van der Waals surface area (Å²) >= 11 is 1.06. The molecular formula is C20H27N5O5S2. The second-order valence-electron chi connectivity index (χ2n) is 7.81. The molecule has 0 saturated carbocycles. The lowest BCUT2D eigenvalue weighted by Crippen LogP contribution is -2.42. The molecule has 3 N–H and O–H groups in total. The van der Waals surface area contributed by atoms with Crippen LogP contribution in [0.2, 0.25) is 0 Å². The van der Waals surface area contributed by atoms with Crippen LogP contribution in [-0.4, -0.2) is 68.2 Å². The maximum atomic E-state index is 12.8. The molecule has 1 aliphatic heterocycles. The molecule has 10 nitrogen and oxygen atoms in total. The number of guanidine groups is 1. The smallest absolute Gasteiger partial charge is 0.298 e. The van der Waals surface area contributed by atoms with Crippen molar-refractivity contribution in [2.45, 2.75) is 19.8 Å². The summed E-state index contributed by atoms with van der Waals surface area (Å²) in [6, 6.07) is 7.43. The standard InChI is InChI=1S/C20H27N5O5S2/c1-13-17(19(26)25(20(21)22)30-32(3,27)28)31-18(23-13)15-7-4-8-16(10-15)29-12-14-6-5-9-24(2)11-14/h4,7-8,10,14H,5-6,9,11-12H2,1-3H3,(H3,21,22). The number of hydroxylamine groups is 2. The number of thiazole rings is 1. The summed E-state index contributed by atoms with van der Waals surface area (Å²) in [5.41, 5.74) is 6.47. The van der Waals surface area contributed by atoms with E-state index in [1.54, 1.807) is 6.92 Å². The first-order valence-corrected chi connectivity index (χ1v) is 12.6. The Labute approximate surface area is 191 Å². The number of rotatable bonds is 7. The van der Waals surface area contributed by atoms with Gasteiger partial charge in [-0.25, -0.2) is 4.98 Å². The van der Waals surface area contributed by atoms with E-state index in [0.29, 0.717) is 29.0 Å². The van der Waals surface area contributed by atoms with Gasteiger partial charge >= 0.3 is 0 Å². The van der Waals surface area contributed by atoms with Gasteiger partial charge in [0.15, 0.2) is 0 Å². The van der Waals surface area contributed by atoms with Crippen LogP contribution in [0.25, 0.3) is 10.6 Å². The molecule has 32 heavy (non-hydrogen) atoms. The summed E-state index contributed by atoms with van der Waals surface area (Å²) in [5.74, 6) is -0.532. The normalized spacial score (nSPS) is 17.2. The number of hydrogen-bond donors (Lipinski definition) is 2. The molecule has 1 unspecified atom stereocenters. The predicted molar refractivity (Wildman–Crippen MR) is 122 cm³/mol. The van der Waals surface area contributed by atoms with E-state index in [1.165, 1.54) is 6.42 Å². The van der Waals surface area contributed by atoms with Gasteiger partial charge in [0, 0.05) is 18.0 Å². The number of nitrogens with zero attached hydrogens (tertiary/aromatic N) is 3. The van der Waals surface area contributed by atoms with Crippen molar-refractivity contribution in [3.63, 3.8) is 0 Å². The van der Waals surface area contributed by atoms with Gasteiger partial charge in [0.1, 0.15) is 15.6 Å². The Kier molecular flexibility index (Phi) is 7.49. The van der Waals surface area contributed by atoms with Gasteiger partial charge in [-0.05, 0) is 45.5 Å². The number of piperidine rings is 1. The predicted octanol–water partition coefficient (Wildman–Crippen LogP) is 2.07. The van der Waals surface area contributed by atoms with Crippen molar-refractivity contribution in [1.29, 1.82) is 5.41 Å². The largest absolute Gasteiger partial charge is 0.493 e. The number of ether oxygens (including phenoxy) is 1. The molecule has 0 spiro atoms. The molecule has 0 bridgehead atoms. The first-order chi connectivity index (χ1) is 15.0.